The summed E-state index contributed by atoms with van der Waals surface area (Å²) in [4.78, 5) is 0. The molecule has 0 heterocycles. The van der Waals surface area contributed by atoms with Gasteiger partial charge in [0.25, 0.3) is 0 Å². The van der Waals surface area contributed by atoms with Gasteiger partial charge in [0.05, 0.1) is 55.5 Å². The maximum atomic E-state index is 12.9. The smallest absolute Gasteiger partial charge is 0.198 e. The number of alkyl halides is 3. The molecule has 0 unspecified atom stereocenters. The third kappa shape index (κ3) is 9.55. The Bertz CT molecular complexity index is 1600. The van der Waals surface area contributed by atoms with Crippen molar-refractivity contribution in [1.29, 1.82) is 21.0 Å². The van der Waals surface area contributed by atoms with Gasteiger partial charge in [-0.1, -0.05) is 71.8 Å². The number of hydrogen-bond acceptors (Lipinski definition) is 4. The lowest BCUT2D eigenvalue weighted by atomic mass is 10.00. The number of hydrogen-bond donors (Lipinski definition) is 0. The Labute approximate surface area is 256 Å². The van der Waals surface area contributed by atoms with E-state index < -0.39 is 11.7 Å². The van der Waals surface area contributed by atoms with Crippen LogP contribution in [0.25, 0.3) is 0 Å². The van der Waals surface area contributed by atoms with Crippen LogP contribution in [-0.4, -0.2) is 0 Å². The number of nitrogens with zero attached hydrogens (tertiary/aromatic N) is 4. The first-order valence-electron chi connectivity index (χ1n) is 11.4. The molecule has 3 rings (SSSR count). The highest BCUT2D eigenvalue weighted by Gasteiger charge is 2.30. The van der Waals surface area contributed by atoms with Crippen molar-refractivity contribution in [3.05, 3.63) is 100 Å². The van der Waals surface area contributed by atoms with E-state index in [1.807, 2.05) is 24.3 Å². The summed E-state index contributed by atoms with van der Waals surface area (Å²) >= 11 is 10.1. The van der Waals surface area contributed by atoms with E-state index in [4.69, 9.17) is 21.0 Å². The van der Waals surface area contributed by atoms with Crippen molar-refractivity contribution >= 4 is 47.8 Å². The maximum Gasteiger partial charge on any atom is 0.416 e. The summed E-state index contributed by atoms with van der Waals surface area (Å²) in [6.45, 7) is 1.58. The van der Waals surface area contributed by atoms with Crippen molar-refractivity contribution in [3.8, 4) is 36.1 Å². The summed E-state index contributed by atoms with van der Waals surface area (Å²) in [5, 5.41) is 35.0. The zero-order chi connectivity index (χ0) is 29.9. The zero-order valence-electron chi connectivity index (χ0n) is 20.9. The van der Waals surface area contributed by atoms with E-state index >= 15 is 0 Å². The van der Waals surface area contributed by atoms with Gasteiger partial charge in [0, 0.05) is 24.5 Å². The summed E-state index contributed by atoms with van der Waals surface area (Å²) < 4.78 is 41.2. The Morgan fingerprint density at radius 2 is 1.05 bits per heavy atom. The highest BCUT2D eigenvalue weighted by Crippen LogP contribution is 2.31. The van der Waals surface area contributed by atoms with E-state index in [9.17, 15) is 13.2 Å². The van der Waals surface area contributed by atoms with Gasteiger partial charge in [0.15, 0.2) is 0 Å². The molecular formula is C30H18Br3F3N4. The summed E-state index contributed by atoms with van der Waals surface area (Å²) in [6.07, 6.45) is -3.45. The standard InChI is InChI=1S/C20H12BrF3N2.C10H6Br2N2/c1-13-8-14(10-18(9-13)20(22,23)24)2-3-15-12-19(21)17(5-7-26)11-16(15)4-6-25;11-9-6-10(12)8(2-4-14)5-7(9)1-3-13/h8-12H,4-5H2,1H3;5-6H,1-2H2. The number of nitriles is 4. The van der Waals surface area contributed by atoms with Gasteiger partial charge in [-0.25, -0.2) is 0 Å². The topological polar surface area (TPSA) is 95.2 Å². The molecule has 40 heavy (non-hydrogen) atoms. The van der Waals surface area contributed by atoms with Crippen molar-refractivity contribution in [1.82, 2.24) is 0 Å². The molecule has 0 saturated heterocycles. The minimum Gasteiger partial charge on any atom is -0.198 e. The number of halogens is 6. The van der Waals surface area contributed by atoms with E-state index in [-0.39, 0.29) is 18.4 Å². The minimum absolute atomic E-state index is 0.0946. The van der Waals surface area contributed by atoms with Crippen LogP contribution in [0.5, 0.6) is 0 Å². The monoisotopic (exact) mass is 728 g/mol. The number of rotatable bonds is 4. The third-order valence-electron chi connectivity index (χ3n) is 5.31. The number of aryl methyl sites for hydroxylation is 1. The summed E-state index contributed by atoms with van der Waals surface area (Å²) in [5.74, 6) is 5.60. The van der Waals surface area contributed by atoms with Crippen LogP contribution >= 0.6 is 47.8 Å². The van der Waals surface area contributed by atoms with E-state index in [1.165, 1.54) is 0 Å². The molecule has 0 radical (unpaired) electrons. The van der Waals surface area contributed by atoms with Crippen molar-refractivity contribution < 1.29 is 13.2 Å². The van der Waals surface area contributed by atoms with Crippen LogP contribution in [0.1, 0.15) is 44.5 Å². The van der Waals surface area contributed by atoms with Crippen LogP contribution in [0.2, 0.25) is 0 Å². The van der Waals surface area contributed by atoms with Crippen LogP contribution in [0.3, 0.4) is 0 Å². The second-order valence-electron chi connectivity index (χ2n) is 8.31. The first kappa shape index (κ1) is 32.6. The average molecular weight is 731 g/mol. The van der Waals surface area contributed by atoms with E-state index in [1.54, 1.807) is 25.1 Å². The third-order valence-corrected chi connectivity index (χ3v) is 7.53. The lowest BCUT2D eigenvalue weighted by Gasteiger charge is -2.08. The molecule has 0 saturated carbocycles. The molecule has 0 aliphatic rings. The van der Waals surface area contributed by atoms with Gasteiger partial charge >= 0.3 is 6.18 Å². The molecule has 0 N–H and O–H groups in total. The van der Waals surface area contributed by atoms with Gasteiger partial charge in [-0.15, -0.1) is 0 Å². The molecule has 0 spiro atoms. The fourth-order valence-electron chi connectivity index (χ4n) is 3.48. The van der Waals surface area contributed by atoms with Crippen molar-refractivity contribution in [2.45, 2.75) is 38.8 Å². The van der Waals surface area contributed by atoms with Crippen LogP contribution in [-0.2, 0) is 31.9 Å². The molecule has 4 nitrogen and oxygen atoms in total. The normalized spacial score (nSPS) is 9.97. The molecule has 3 aromatic rings. The Kier molecular flexibility index (Phi) is 12.4. The van der Waals surface area contributed by atoms with Gasteiger partial charge in [-0.2, -0.15) is 34.2 Å². The molecule has 200 valence electrons. The first-order valence-corrected chi connectivity index (χ1v) is 13.8. The number of benzene rings is 3. The predicted octanol–water partition coefficient (Wildman–Crippen LogP) is 8.65. The Hall–Kier alpha value is -3.59. The predicted molar refractivity (Wildman–Crippen MR) is 155 cm³/mol. The summed E-state index contributed by atoms with van der Waals surface area (Å²) in [7, 11) is 0. The molecule has 0 aromatic heterocycles. The molecule has 0 amide bonds. The highest BCUT2D eigenvalue weighted by atomic mass is 79.9. The quantitative estimate of drug-likeness (QED) is 0.251. The van der Waals surface area contributed by atoms with Crippen molar-refractivity contribution in [2.75, 3.05) is 0 Å². The van der Waals surface area contributed by atoms with E-state index in [2.05, 4.69) is 71.8 Å². The minimum atomic E-state index is -4.43. The molecule has 0 atom stereocenters. The fraction of sp³-hybridized carbons (Fsp3) is 0.200. The lowest BCUT2D eigenvalue weighted by molar-refractivity contribution is -0.137. The van der Waals surface area contributed by atoms with Crippen LogP contribution in [0.4, 0.5) is 13.2 Å². The van der Waals surface area contributed by atoms with E-state index in [0.717, 1.165) is 37.8 Å². The van der Waals surface area contributed by atoms with Gasteiger partial charge in [-0.05, 0) is 65.1 Å². The molecule has 3 aromatic carbocycles. The Morgan fingerprint density at radius 3 is 1.52 bits per heavy atom. The van der Waals surface area contributed by atoms with Crippen molar-refractivity contribution in [3.63, 3.8) is 0 Å². The second kappa shape index (κ2) is 15.3. The molecule has 0 aliphatic heterocycles. The SMILES string of the molecule is Cc1cc(C#Cc2cc(Br)c(CC#N)cc2CC#N)cc(C(F)(F)F)c1.N#CCc1cc(CC#N)c(Br)cc1Br. The van der Waals surface area contributed by atoms with Gasteiger partial charge < -0.3 is 0 Å². The van der Waals surface area contributed by atoms with E-state index in [0.29, 0.717) is 34.0 Å². The molecule has 0 fully saturated rings. The van der Waals surface area contributed by atoms with Gasteiger partial charge in [-0.3, -0.25) is 0 Å². The average Bonchev–Trinajstić information content (AvgIpc) is 2.88. The zero-order valence-corrected chi connectivity index (χ0v) is 25.7. The molecule has 10 heteroatoms. The highest BCUT2D eigenvalue weighted by molar-refractivity contribution is 9.11. The van der Waals surface area contributed by atoms with Crippen LogP contribution in [0.15, 0.2) is 55.9 Å². The molecular weight excluding hydrogens is 713 g/mol. The largest absolute Gasteiger partial charge is 0.416 e. The fourth-order valence-corrected chi connectivity index (χ4v) is 5.24. The maximum absolute atomic E-state index is 12.9. The molecule has 0 bridgehead atoms. The lowest BCUT2D eigenvalue weighted by Crippen LogP contribution is -2.05. The summed E-state index contributed by atoms with van der Waals surface area (Å²) in [5.41, 5.74) is 3.71. The van der Waals surface area contributed by atoms with Gasteiger partial charge in [0.1, 0.15) is 0 Å². The summed E-state index contributed by atoms with van der Waals surface area (Å²) in [6, 6.07) is 19.1. The Morgan fingerprint density at radius 1 is 0.600 bits per heavy atom. The second-order valence-corrected chi connectivity index (χ2v) is 10.9. The first-order chi connectivity index (χ1) is 18.9. The van der Waals surface area contributed by atoms with Crippen LogP contribution < -0.4 is 0 Å². The molecule has 0 aliphatic carbocycles. The van der Waals surface area contributed by atoms with Crippen molar-refractivity contribution in [2.24, 2.45) is 0 Å². The Balaban J connectivity index is 0.000000337. The van der Waals surface area contributed by atoms with Gasteiger partial charge in [0.2, 0.25) is 0 Å². The van der Waals surface area contributed by atoms with Crippen LogP contribution in [0, 0.1) is 64.1 Å².